The van der Waals surface area contributed by atoms with Crippen molar-refractivity contribution in [1.82, 2.24) is 10.2 Å². The van der Waals surface area contributed by atoms with Gasteiger partial charge in [-0.2, -0.15) is 0 Å². The first-order valence-corrected chi connectivity index (χ1v) is 6.40. The molecule has 0 radical (unpaired) electrons. The number of carbonyl (C=O) groups excluding carboxylic acids is 2. The lowest BCUT2D eigenvalue weighted by Gasteiger charge is -2.26. The van der Waals surface area contributed by atoms with Gasteiger partial charge in [-0.3, -0.25) is 4.79 Å². The van der Waals surface area contributed by atoms with E-state index in [4.69, 9.17) is 15.6 Å². The summed E-state index contributed by atoms with van der Waals surface area (Å²) in [5, 5.41) is 11.6. The summed E-state index contributed by atoms with van der Waals surface area (Å²) >= 11 is 0. The quantitative estimate of drug-likeness (QED) is 0.622. The number of hydrogen-bond acceptors (Lipinski definition) is 4. The number of carboxylic acids is 1. The van der Waals surface area contributed by atoms with Gasteiger partial charge in [0.15, 0.2) is 0 Å². The maximum Gasteiger partial charge on any atom is 0.326 e. The van der Waals surface area contributed by atoms with Crippen LogP contribution in [0.5, 0.6) is 0 Å². The number of aliphatic carboxylic acids is 1. The Kier molecular flexibility index (Phi) is 5.32. The van der Waals surface area contributed by atoms with Crippen LogP contribution in [0.1, 0.15) is 20.3 Å². The van der Waals surface area contributed by atoms with Gasteiger partial charge >= 0.3 is 12.0 Å². The molecule has 3 amide bonds. The van der Waals surface area contributed by atoms with Crippen LogP contribution < -0.4 is 11.1 Å². The second-order valence-corrected chi connectivity index (χ2v) is 5.17. The summed E-state index contributed by atoms with van der Waals surface area (Å²) in [4.78, 5) is 35.7. The number of nitrogens with zero attached hydrogens (tertiary/aromatic N) is 1. The van der Waals surface area contributed by atoms with Crippen molar-refractivity contribution in [2.24, 2.45) is 11.7 Å². The molecule has 0 aromatic carbocycles. The molecule has 0 saturated carbocycles. The molecule has 0 bridgehead atoms. The Morgan fingerprint density at radius 3 is 2.40 bits per heavy atom. The fourth-order valence-electron chi connectivity index (χ4n) is 2.21. The summed E-state index contributed by atoms with van der Waals surface area (Å²) in [5.41, 5.74) is 5.22. The number of carboxylic acid groups (broad SMARTS) is 1. The molecule has 114 valence electrons. The van der Waals surface area contributed by atoms with Gasteiger partial charge in [0.25, 0.3) is 0 Å². The van der Waals surface area contributed by atoms with Gasteiger partial charge in [-0.1, -0.05) is 13.8 Å². The van der Waals surface area contributed by atoms with Gasteiger partial charge in [0, 0.05) is 20.1 Å². The standard InChI is InChI=1S/C12H21N3O5/c1-6(2)9(10(13)16)14-12(19)15-5-7(20-3)4-8(15)11(17)18/h6-9H,4-5H2,1-3H3,(H2,13,16)(H,14,19)(H,17,18). The first-order chi connectivity index (χ1) is 9.27. The third-order valence-corrected chi connectivity index (χ3v) is 3.39. The normalized spacial score (nSPS) is 23.7. The van der Waals surface area contributed by atoms with Gasteiger partial charge in [-0.25, -0.2) is 9.59 Å². The third-order valence-electron chi connectivity index (χ3n) is 3.39. The Balaban J connectivity index is 2.79. The molecule has 1 rings (SSSR count). The summed E-state index contributed by atoms with van der Waals surface area (Å²) in [6, 6.07) is -2.41. The zero-order valence-electron chi connectivity index (χ0n) is 11.8. The lowest BCUT2D eigenvalue weighted by atomic mass is 10.0. The highest BCUT2D eigenvalue weighted by Gasteiger charge is 2.40. The third kappa shape index (κ3) is 3.60. The largest absolute Gasteiger partial charge is 0.480 e. The summed E-state index contributed by atoms with van der Waals surface area (Å²) in [6.45, 7) is 3.65. The van der Waals surface area contributed by atoms with Crippen molar-refractivity contribution in [3.63, 3.8) is 0 Å². The number of nitrogens with two attached hydrogens (primary N) is 1. The van der Waals surface area contributed by atoms with Crippen LogP contribution in [-0.2, 0) is 14.3 Å². The SMILES string of the molecule is COC1CC(C(=O)O)N(C(=O)NC(C(N)=O)C(C)C)C1. The first-order valence-electron chi connectivity index (χ1n) is 6.40. The summed E-state index contributed by atoms with van der Waals surface area (Å²) in [5.74, 6) is -1.93. The van der Waals surface area contributed by atoms with E-state index in [1.54, 1.807) is 13.8 Å². The number of methoxy groups -OCH3 is 1. The Bertz CT molecular complexity index is 399. The van der Waals surface area contributed by atoms with Crippen LogP contribution in [0.2, 0.25) is 0 Å². The molecule has 0 aromatic heterocycles. The predicted octanol–water partition coefficient (Wildman–Crippen LogP) is -0.620. The van der Waals surface area contributed by atoms with Crippen molar-refractivity contribution < 1.29 is 24.2 Å². The number of ether oxygens (including phenoxy) is 1. The van der Waals surface area contributed by atoms with Crippen LogP contribution in [0.15, 0.2) is 0 Å². The molecule has 8 nitrogen and oxygen atoms in total. The Labute approximate surface area is 117 Å². The lowest BCUT2D eigenvalue weighted by Crippen LogP contribution is -2.54. The molecule has 0 spiro atoms. The minimum absolute atomic E-state index is 0.170. The number of likely N-dealkylation sites (tertiary alicyclic amines) is 1. The highest BCUT2D eigenvalue weighted by atomic mass is 16.5. The zero-order chi connectivity index (χ0) is 15.4. The smallest absolute Gasteiger partial charge is 0.326 e. The number of primary amides is 1. The minimum atomic E-state index is -1.10. The van der Waals surface area contributed by atoms with Crippen molar-refractivity contribution in [3.05, 3.63) is 0 Å². The molecule has 1 fully saturated rings. The summed E-state index contributed by atoms with van der Waals surface area (Å²) in [6.07, 6.45) is -0.102. The molecular formula is C12H21N3O5. The molecule has 0 aliphatic carbocycles. The van der Waals surface area contributed by atoms with E-state index in [0.717, 1.165) is 4.90 Å². The molecule has 1 heterocycles. The number of rotatable bonds is 5. The van der Waals surface area contributed by atoms with Crippen LogP contribution in [0.4, 0.5) is 4.79 Å². The minimum Gasteiger partial charge on any atom is -0.480 e. The average Bonchev–Trinajstić information content (AvgIpc) is 2.79. The van der Waals surface area contributed by atoms with E-state index in [1.807, 2.05) is 0 Å². The lowest BCUT2D eigenvalue weighted by molar-refractivity contribution is -0.141. The van der Waals surface area contributed by atoms with Crippen molar-refractivity contribution in [3.8, 4) is 0 Å². The van der Waals surface area contributed by atoms with E-state index >= 15 is 0 Å². The molecule has 1 aliphatic rings. The van der Waals surface area contributed by atoms with Crippen molar-refractivity contribution in [2.45, 2.75) is 38.5 Å². The molecule has 1 aliphatic heterocycles. The first kappa shape index (κ1) is 16.2. The van der Waals surface area contributed by atoms with Crippen molar-refractivity contribution in [2.75, 3.05) is 13.7 Å². The molecule has 3 unspecified atom stereocenters. The predicted molar refractivity (Wildman–Crippen MR) is 69.9 cm³/mol. The van der Waals surface area contributed by atoms with Gasteiger partial charge < -0.3 is 25.8 Å². The van der Waals surface area contributed by atoms with Gasteiger partial charge in [-0.05, 0) is 5.92 Å². The highest BCUT2D eigenvalue weighted by Crippen LogP contribution is 2.20. The van der Waals surface area contributed by atoms with E-state index in [2.05, 4.69) is 5.32 Å². The van der Waals surface area contributed by atoms with E-state index in [1.165, 1.54) is 7.11 Å². The van der Waals surface area contributed by atoms with Gasteiger partial charge in [-0.15, -0.1) is 0 Å². The van der Waals surface area contributed by atoms with Crippen molar-refractivity contribution >= 4 is 17.9 Å². The van der Waals surface area contributed by atoms with Gasteiger partial charge in [0.05, 0.1) is 6.10 Å². The van der Waals surface area contributed by atoms with E-state index < -0.39 is 30.0 Å². The van der Waals surface area contributed by atoms with Crippen LogP contribution in [-0.4, -0.2) is 59.8 Å². The Morgan fingerprint density at radius 1 is 1.40 bits per heavy atom. The topological polar surface area (TPSA) is 122 Å². The molecule has 1 saturated heterocycles. The number of amides is 3. The van der Waals surface area contributed by atoms with Crippen LogP contribution in [0.3, 0.4) is 0 Å². The highest BCUT2D eigenvalue weighted by molar-refractivity contribution is 5.88. The van der Waals surface area contributed by atoms with Crippen LogP contribution in [0.25, 0.3) is 0 Å². The maximum absolute atomic E-state index is 12.1. The number of nitrogens with one attached hydrogen (secondary N) is 1. The zero-order valence-corrected chi connectivity index (χ0v) is 11.8. The molecular weight excluding hydrogens is 266 g/mol. The van der Waals surface area contributed by atoms with Crippen LogP contribution >= 0.6 is 0 Å². The molecule has 4 N–H and O–H groups in total. The molecule has 3 atom stereocenters. The molecule has 8 heteroatoms. The van der Waals surface area contributed by atoms with Crippen molar-refractivity contribution in [1.29, 1.82) is 0 Å². The summed E-state index contributed by atoms with van der Waals surface area (Å²) in [7, 11) is 1.46. The second-order valence-electron chi connectivity index (χ2n) is 5.17. The van der Waals surface area contributed by atoms with E-state index in [0.29, 0.717) is 0 Å². The number of hydrogen-bond donors (Lipinski definition) is 3. The Morgan fingerprint density at radius 2 is 2.00 bits per heavy atom. The number of urea groups is 1. The number of carbonyl (C=O) groups is 3. The Hall–Kier alpha value is -1.83. The maximum atomic E-state index is 12.1. The fourth-order valence-corrected chi connectivity index (χ4v) is 2.21. The fraction of sp³-hybridized carbons (Fsp3) is 0.750. The van der Waals surface area contributed by atoms with E-state index in [-0.39, 0.29) is 25.0 Å². The van der Waals surface area contributed by atoms with Gasteiger partial charge in [0.1, 0.15) is 12.1 Å². The monoisotopic (exact) mass is 287 g/mol. The second kappa shape index (κ2) is 6.56. The molecule has 0 aromatic rings. The summed E-state index contributed by atoms with van der Waals surface area (Å²) < 4.78 is 5.10. The van der Waals surface area contributed by atoms with Crippen LogP contribution in [0, 0.1) is 5.92 Å². The van der Waals surface area contributed by atoms with E-state index in [9.17, 15) is 14.4 Å². The van der Waals surface area contributed by atoms with Gasteiger partial charge in [0.2, 0.25) is 5.91 Å². The molecule has 20 heavy (non-hydrogen) atoms. The average molecular weight is 287 g/mol.